The van der Waals surface area contributed by atoms with Gasteiger partial charge < -0.3 is 10.4 Å². The molecule has 92 valence electrons. The number of aryl methyl sites for hydroxylation is 1. The maximum Gasteiger partial charge on any atom is 0.322 e. The molecule has 0 spiro atoms. The molecule has 0 radical (unpaired) electrons. The van der Waals surface area contributed by atoms with Crippen LogP contribution in [0.3, 0.4) is 0 Å². The van der Waals surface area contributed by atoms with Crippen molar-refractivity contribution < 1.29 is 9.90 Å². The molecule has 1 unspecified atom stereocenters. The highest BCUT2D eigenvalue weighted by Gasteiger charge is 2.28. The third-order valence-corrected chi connectivity index (χ3v) is 3.16. The Balaban J connectivity index is 2.11. The Morgan fingerprint density at radius 2 is 2.53 bits per heavy atom. The van der Waals surface area contributed by atoms with Gasteiger partial charge in [-0.1, -0.05) is 0 Å². The normalized spacial score (nSPS) is 21.4. The summed E-state index contributed by atoms with van der Waals surface area (Å²) in [5, 5.41) is 12.3. The summed E-state index contributed by atoms with van der Waals surface area (Å²) in [6, 6.07) is 1.51. The molecule has 0 aliphatic carbocycles. The van der Waals surface area contributed by atoms with E-state index in [4.69, 9.17) is 5.11 Å². The first-order valence-corrected chi connectivity index (χ1v) is 5.75. The van der Waals surface area contributed by atoms with Gasteiger partial charge in [-0.3, -0.25) is 14.7 Å². The second-order valence-corrected chi connectivity index (χ2v) is 4.33. The van der Waals surface area contributed by atoms with Crippen LogP contribution in [0.2, 0.25) is 0 Å². The van der Waals surface area contributed by atoms with E-state index in [2.05, 4.69) is 10.3 Å². The van der Waals surface area contributed by atoms with Crippen LogP contribution < -0.4 is 5.32 Å². The minimum atomic E-state index is -0.765. The molecular weight excluding hydrogens is 218 g/mol. The van der Waals surface area contributed by atoms with Gasteiger partial charge in [0.25, 0.3) is 0 Å². The highest BCUT2D eigenvalue weighted by molar-refractivity contribution is 5.74. The Bertz CT molecular complexity index is 408. The largest absolute Gasteiger partial charge is 0.480 e. The van der Waals surface area contributed by atoms with Crippen molar-refractivity contribution in [1.29, 1.82) is 0 Å². The molecule has 1 saturated heterocycles. The topological polar surface area (TPSA) is 65.5 Å². The fourth-order valence-corrected chi connectivity index (χ4v) is 2.06. The third-order valence-electron chi connectivity index (χ3n) is 3.16. The van der Waals surface area contributed by atoms with Crippen LogP contribution >= 0.6 is 0 Å². The number of pyridine rings is 1. The quantitative estimate of drug-likeness (QED) is 0.786. The Labute approximate surface area is 100 Å². The first-order valence-electron chi connectivity index (χ1n) is 5.75. The lowest BCUT2D eigenvalue weighted by Crippen LogP contribution is -2.54. The summed E-state index contributed by atoms with van der Waals surface area (Å²) in [5.41, 5.74) is 2.25. The van der Waals surface area contributed by atoms with Gasteiger partial charge in [0.1, 0.15) is 6.04 Å². The van der Waals surface area contributed by atoms with E-state index in [1.165, 1.54) is 0 Å². The minimum absolute atomic E-state index is 0.441. The zero-order valence-electron chi connectivity index (χ0n) is 9.89. The van der Waals surface area contributed by atoms with Gasteiger partial charge in [-0.2, -0.15) is 0 Å². The smallest absolute Gasteiger partial charge is 0.322 e. The summed E-state index contributed by atoms with van der Waals surface area (Å²) in [4.78, 5) is 17.2. The molecule has 1 aliphatic heterocycles. The van der Waals surface area contributed by atoms with E-state index in [0.29, 0.717) is 13.1 Å². The molecule has 1 aliphatic rings. The van der Waals surface area contributed by atoms with E-state index >= 15 is 0 Å². The number of hydrogen-bond donors (Lipinski definition) is 2. The molecule has 5 heteroatoms. The SMILES string of the molecule is Cc1ccncc1CN1CCNCC1C(=O)O. The minimum Gasteiger partial charge on any atom is -0.480 e. The lowest BCUT2D eigenvalue weighted by atomic mass is 10.1. The molecule has 2 N–H and O–H groups in total. The predicted molar refractivity (Wildman–Crippen MR) is 63.7 cm³/mol. The van der Waals surface area contributed by atoms with Gasteiger partial charge in [0, 0.05) is 38.6 Å². The Hall–Kier alpha value is -1.46. The van der Waals surface area contributed by atoms with Crippen LogP contribution in [0.25, 0.3) is 0 Å². The van der Waals surface area contributed by atoms with E-state index in [1.54, 1.807) is 6.20 Å². The molecule has 0 bridgehead atoms. The average molecular weight is 235 g/mol. The van der Waals surface area contributed by atoms with E-state index in [9.17, 15) is 4.79 Å². The number of piperazine rings is 1. The first-order chi connectivity index (χ1) is 8.18. The molecule has 2 heterocycles. The summed E-state index contributed by atoms with van der Waals surface area (Å²) >= 11 is 0. The van der Waals surface area contributed by atoms with Gasteiger partial charge in [0.15, 0.2) is 0 Å². The molecular formula is C12H17N3O2. The zero-order chi connectivity index (χ0) is 12.3. The summed E-state index contributed by atoms with van der Waals surface area (Å²) < 4.78 is 0. The van der Waals surface area contributed by atoms with Crippen molar-refractivity contribution >= 4 is 5.97 Å². The molecule has 1 atom stereocenters. The van der Waals surface area contributed by atoms with E-state index < -0.39 is 12.0 Å². The number of nitrogens with zero attached hydrogens (tertiary/aromatic N) is 2. The molecule has 0 saturated carbocycles. The summed E-state index contributed by atoms with van der Waals surface area (Å²) in [5.74, 6) is -0.765. The van der Waals surface area contributed by atoms with Crippen molar-refractivity contribution in [2.75, 3.05) is 19.6 Å². The van der Waals surface area contributed by atoms with Crippen molar-refractivity contribution in [2.24, 2.45) is 0 Å². The standard InChI is InChI=1S/C12H17N3O2/c1-9-2-3-13-6-10(9)8-15-5-4-14-7-11(15)12(16)17/h2-3,6,11,14H,4-5,7-8H2,1H3,(H,16,17). The Morgan fingerprint density at radius 1 is 1.71 bits per heavy atom. The van der Waals surface area contributed by atoms with Crippen LogP contribution in [-0.4, -0.2) is 46.6 Å². The lowest BCUT2D eigenvalue weighted by molar-refractivity contribution is -0.144. The van der Waals surface area contributed by atoms with Crippen molar-refractivity contribution in [1.82, 2.24) is 15.2 Å². The molecule has 0 amide bonds. The average Bonchev–Trinajstić information content (AvgIpc) is 2.32. The maximum absolute atomic E-state index is 11.1. The lowest BCUT2D eigenvalue weighted by Gasteiger charge is -2.33. The number of carboxylic acids is 1. The zero-order valence-corrected chi connectivity index (χ0v) is 9.89. The van der Waals surface area contributed by atoms with Crippen LogP contribution in [0, 0.1) is 6.92 Å². The number of aromatic nitrogens is 1. The highest BCUT2D eigenvalue weighted by atomic mass is 16.4. The summed E-state index contributed by atoms with van der Waals surface area (Å²) in [7, 11) is 0. The number of carboxylic acid groups (broad SMARTS) is 1. The maximum atomic E-state index is 11.1. The Kier molecular flexibility index (Phi) is 3.71. The van der Waals surface area contributed by atoms with Crippen LogP contribution in [0.4, 0.5) is 0 Å². The van der Waals surface area contributed by atoms with Crippen LogP contribution in [0.1, 0.15) is 11.1 Å². The molecule has 0 aromatic carbocycles. The second-order valence-electron chi connectivity index (χ2n) is 4.33. The van der Waals surface area contributed by atoms with E-state index in [-0.39, 0.29) is 0 Å². The van der Waals surface area contributed by atoms with Crippen LogP contribution in [0.5, 0.6) is 0 Å². The molecule has 2 rings (SSSR count). The molecule has 1 fully saturated rings. The van der Waals surface area contributed by atoms with Gasteiger partial charge in [-0.25, -0.2) is 0 Å². The number of rotatable bonds is 3. The summed E-state index contributed by atoms with van der Waals surface area (Å²) in [6.07, 6.45) is 3.57. The third kappa shape index (κ3) is 2.81. The Morgan fingerprint density at radius 3 is 3.24 bits per heavy atom. The van der Waals surface area contributed by atoms with Gasteiger partial charge in [0.2, 0.25) is 0 Å². The van der Waals surface area contributed by atoms with Crippen molar-refractivity contribution in [2.45, 2.75) is 19.5 Å². The van der Waals surface area contributed by atoms with Gasteiger partial charge in [-0.05, 0) is 24.1 Å². The van der Waals surface area contributed by atoms with Crippen LogP contribution in [0.15, 0.2) is 18.5 Å². The fourth-order valence-electron chi connectivity index (χ4n) is 2.06. The van der Waals surface area contributed by atoms with E-state index in [1.807, 2.05) is 24.1 Å². The van der Waals surface area contributed by atoms with E-state index in [0.717, 1.165) is 24.2 Å². The number of aliphatic carboxylic acids is 1. The number of hydrogen-bond acceptors (Lipinski definition) is 4. The van der Waals surface area contributed by atoms with Crippen molar-refractivity contribution in [3.63, 3.8) is 0 Å². The van der Waals surface area contributed by atoms with Crippen LogP contribution in [-0.2, 0) is 11.3 Å². The molecule has 17 heavy (non-hydrogen) atoms. The van der Waals surface area contributed by atoms with Gasteiger partial charge in [0.05, 0.1) is 0 Å². The van der Waals surface area contributed by atoms with Gasteiger partial charge >= 0.3 is 5.97 Å². The van der Waals surface area contributed by atoms with Crippen molar-refractivity contribution in [3.05, 3.63) is 29.6 Å². The van der Waals surface area contributed by atoms with Crippen molar-refractivity contribution in [3.8, 4) is 0 Å². The highest BCUT2D eigenvalue weighted by Crippen LogP contribution is 2.13. The summed E-state index contributed by atoms with van der Waals surface area (Å²) in [6.45, 7) is 4.77. The molecule has 1 aromatic heterocycles. The molecule has 5 nitrogen and oxygen atoms in total. The van der Waals surface area contributed by atoms with Gasteiger partial charge in [-0.15, -0.1) is 0 Å². The first kappa shape index (κ1) is 12.0. The monoisotopic (exact) mass is 235 g/mol. The predicted octanol–water partition coefficient (Wildman–Crippen LogP) is 0.248. The number of carbonyl (C=O) groups is 1. The molecule has 1 aromatic rings. The second kappa shape index (κ2) is 5.25. The number of nitrogens with one attached hydrogen (secondary N) is 1. The fraction of sp³-hybridized carbons (Fsp3) is 0.500.